The smallest absolute Gasteiger partial charge is 0.251 e. The average molecular weight is 407 g/mol. The molecule has 0 radical (unpaired) electrons. The zero-order chi connectivity index (χ0) is 18.1. The van der Waals surface area contributed by atoms with E-state index in [-0.39, 0.29) is 11.9 Å². The van der Waals surface area contributed by atoms with Crippen LogP contribution in [0.25, 0.3) is 10.4 Å². The average Bonchev–Trinajstić information content (AvgIpc) is 3.34. The van der Waals surface area contributed by atoms with Crippen LogP contribution < -0.4 is 16.4 Å². The van der Waals surface area contributed by atoms with E-state index < -0.39 is 0 Å². The molecule has 0 saturated heterocycles. The van der Waals surface area contributed by atoms with E-state index in [1.54, 1.807) is 23.1 Å². The number of fused-ring (bicyclic) bond motifs is 1. The molecule has 0 bridgehead atoms. The van der Waals surface area contributed by atoms with Gasteiger partial charge in [-0.25, -0.2) is 4.98 Å². The van der Waals surface area contributed by atoms with Gasteiger partial charge in [0.05, 0.1) is 9.24 Å². The molecule has 0 saturated carbocycles. The second-order valence-electron chi connectivity index (χ2n) is 6.44. The summed E-state index contributed by atoms with van der Waals surface area (Å²) in [6.07, 6.45) is 5.84. The second-order valence-corrected chi connectivity index (χ2v) is 9.45. The molecule has 0 aliphatic carbocycles. The zero-order valence-electron chi connectivity index (χ0n) is 14.0. The van der Waals surface area contributed by atoms with Gasteiger partial charge in [-0.2, -0.15) is 0 Å². The highest BCUT2D eigenvalue weighted by atomic mass is 35.5. The number of hydrogen-bond acceptors (Lipinski definition) is 6. The molecule has 4 N–H and O–H groups in total. The van der Waals surface area contributed by atoms with Gasteiger partial charge in [-0.3, -0.25) is 4.79 Å². The van der Waals surface area contributed by atoms with Gasteiger partial charge in [-0.05, 0) is 36.1 Å². The standard InChI is InChI=1S/C18H19ClN4OS2/c19-16-4-2-13(25-16)6-12(20)8-22-18-23-9-15(26-18)10-1-3-14-11(5-10)7-21-17(14)24/h1,3-5,9,12-13H,2,6-8,20H2,(H,21,24)(H,22,23)/t12-,13?/m0/s1. The molecule has 2 aliphatic rings. The number of nitrogens with two attached hydrogens (primary N) is 1. The third kappa shape index (κ3) is 3.91. The fourth-order valence-electron chi connectivity index (χ4n) is 3.14. The first kappa shape index (κ1) is 17.9. The molecular weight excluding hydrogens is 388 g/mol. The molecule has 0 spiro atoms. The van der Waals surface area contributed by atoms with Gasteiger partial charge in [0.15, 0.2) is 5.13 Å². The van der Waals surface area contributed by atoms with E-state index in [1.807, 2.05) is 18.3 Å². The van der Waals surface area contributed by atoms with E-state index in [0.29, 0.717) is 18.3 Å². The number of aromatic nitrogens is 1. The number of nitrogens with one attached hydrogen (secondary N) is 2. The van der Waals surface area contributed by atoms with Crippen LogP contribution in [-0.4, -0.2) is 28.7 Å². The minimum Gasteiger partial charge on any atom is -0.360 e. The van der Waals surface area contributed by atoms with Gasteiger partial charge in [-0.1, -0.05) is 35.1 Å². The van der Waals surface area contributed by atoms with Crippen LogP contribution in [-0.2, 0) is 6.54 Å². The highest BCUT2D eigenvalue weighted by molar-refractivity contribution is 8.05. The summed E-state index contributed by atoms with van der Waals surface area (Å²) < 4.78 is 0.881. The van der Waals surface area contributed by atoms with Crippen molar-refractivity contribution >= 4 is 45.7 Å². The first-order valence-electron chi connectivity index (χ1n) is 8.47. The largest absolute Gasteiger partial charge is 0.360 e. The van der Waals surface area contributed by atoms with Crippen LogP contribution in [0.5, 0.6) is 0 Å². The molecule has 3 heterocycles. The highest BCUT2D eigenvalue weighted by Gasteiger charge is 2.20. The number of thioether (sulfide) groups is 1. The lowest BCUT2D eigenvalue weighted by molar-refractivity contribution is 0.0966. The van der Waals surface area contributed by atoms with Crippen molar-refractivity contribution in [1.82, 2.24) is 10.3 Å². The van der Waals surface area contributed by atoms with Gasteiger partial charge in [0, 0.05) is 36.1 Å². The Kier molecular flexibility index (Phi) is 5.22. The molecular formula is C18H19ClN4OS2. The fourth-order valence-corrected chi connectivity index (χ4v) is 5.47. The number of carbonyl (C=O) groups is 1. The Bertz CT molecular complexity index is 867. The predicted octanol–water partition coefficient (Wildman–Crippen LogP) is 3.77. The van der Waals surface area contributed by atoms with Crippen molar-refractivity contribution in [2.45, 2.75) is 30.7 Å². The van der Waals surface area contributed by atoms with Crippen LogP contribution in [0.2, 0.25) is 0 Å². The van der Waals surface area contributed by atoms with E-state index in [0.717, 1.165) is 43.9 Å². The maximum absolute atomic E-state index is 11.7. The minimum atomic E-state index is 0.00381. The third-order valence-corrected chi connectivity index (χ3v) is 7.02. The summed E-state index contributed by atoms with van der Waals surface area (Å²) in [7, 11) is 0. The molecule has 136 valence electrons. The summed E-state index contributed by atoms with van der Waals surface area (Å²) in [6.45, 7) is 1.28. The highest BCUT2D eigenvalue weighted by Crippen LogP contribution is 2.37. The normalized spacial score (nSPS) is 19.8. The molecule has 1 aromatic carbocycles. The number of thiazole rings is 1. The number of benzene rings is 1. The molecule has 2 aromatic rings. The van der Waals surface area contributed by atoms with Crippen LogP contribution in [0.3, 0.4) is 0 Å². The number of carbonyl (C=O) groups excluding carboxylic acids is 1. The lowest BCUT2D eigenvalue weighted by Gasteiger charge is -2.16. The Morgan fingerprint density at radius 3 is 3.15 bits per heavy atom. The van der Waals surface area contributed by atoms with E-state index in [9.17, 15) is 4.79 Å². The van der Waals surface area contributed by atoms with Crippen LogP contribution in [0.1, 0.15) is 28.8 Å². The molecule has 2 aliphatic heterocycles. The van der Waals surface area contributed by atoms with Crippen LogP contribution >= 0.6 is 34.7 Å². The predicted molar refractivity (Wildman–Crippen MR) is 110 cm³/mol. The maximum atomic E-state index is 11.7. The molecule has 8 heteroatoms. The van der Waals surface area contributed by atoms with E-state index in [1.165, 1.54) is 0 Å². The van der Waals surface area contributed by atoms with Gasteiger partial charge < -0.3 is 16.4 Å². The molecule has 1 unspecified atom stereocenters. The van der Waals surface area contributed by atoms with Crippen molar-refractivity contribution in [2.75, 3.05) is 11.9 Å². The molecule has 26 heavy (non-hydrogen) atoms. The first-order chi connectivity index (χ1) is 12.6. The quantitative estimate of drug-likeness (QED) is 0.680. The number of nitrogens with zero attached hydrogens (tertiary/aromatic N) is 1. The third-order valence-electron chi connectivity index (χ3n) is 4.48. The van der Waals surface area contributed by atoms with Crippen LogP contribution in [0.4, 0.5) is 5.13 Å². The second kappa shape index (κ2) is 7.60. The molecule has 1 aromatic heterocycles. The van der Waals surface area contributed by atoms with Gasteiger partial charge in [0.1, 0.15) is 0 Å². The topological polar surface area (TPSA) is 80.0 Å². The number of anilines is 1. The molecule has 5 nitrogen and oxygen atoms in total. The van der Waals surface area contributed by atoms with Crippen molar-refractivity contribution in [3.05, 3.63) is 46.0 Å². The molecule has 4 rings (SSSR count). The molecule has 2 atom stereocenters. The van der Waals surface area contributed by atoms with E-state index in [4.69, 9.17) is 17.3 Å². The summed E-state index contributed by atoms with van der Waals surface area (Å²) in [6, 6.07) is 5.98. The SMILES string of the molecule is N[C@H](CNc1ncc(-c2ccc3c(c2)CNC3=O)s1)CC1CC=C(Cl)S1. The Labute approximate surface area is 165 Å². The zero-order valence-corrected chi connectivity index (χ0v) is 16.4. The number of rotatable bonds is 6. The van der Waals surface area contributed by atoms with Crippen molar-refractivity contribution < 1.29 is 4.79 Å². The van der Waals surface area contributed by atoms with Crippen molar-refractivity contribution in [1.29, 1.82) is 0 Å². The monoisotopic (exact) mass is 406 g/mol. The minimum absolute atomic E-state index is 0.00381. The Morgan fingerprint density at radius 2 is 2.35 bits per heavy atom. The summed E-state index contributed by atoms with van der Waals surface area (Å²) >= 11 is 9.31. The number of allylic oxidation sites excluding steroid dienone is 1. The Hall–Kier alpha value is -1.54. The van der Waals surface area contributed by atoms with Gasteiger partial charge in [0.2, 0.25) is 0 Å². The van der Waals surface area contributed by atoms with E-state index >= 15 is 0 Å². The Morgan fingerprint density at radius 1 is 1.46 bits per heavy atom. The van der Waals surface area contributed by atoms with Crippen LogP contribution in [0.15, 0.2) is 34.8 Å². The van der Waals surface area contributed by atoms with Crippen molar-refractivity contribution in [3.8, 4) is 10.4 Å². The number of halogens is 1. The molecule has 0 fully saturated rings. The number of amides is 1. The first-order valence-corrected chi connectivity index (χ1v) is 10.5. The van der Waals surface area contributed by atoms with E-state index in [2.05, 4.69) is 27.8 Å². The Balaban J connectivity index is 1.34. The van der Waals surface area contributed by atoms with Crippen LogP contribution in [0, 0.1) is 0 Å². The maximum Gasteiger partial charge on any atom is 0.251 e. The summed E-state index contributed by atoms with van der Waals surface area (Å²) in [5.74, 6) is 0.00381. The summed E-state index contributed by atoms with van der Waals surface area (Å²) in [5, 5.41) is 7.52. The molecule has 1 amide bonds. The fraction of sp³-hybridized carbons (Fsp3) is 0.333. The number of hydrogen-bond donors (Lipinski definition) is 3. The summed E-state index contributed by atoms with van der Waals surface area (Å²) in [4.78, 5) is 17.2. The van der Waals surface area contributed by atoms with Crippen molar-refractivity contribution in [2.24, 2.45) is 5.73 Å². The lowest BCUT2D eigenvalue weighted by Crippen LogP contribution is -2.31. The van der Waals surface area contributed by atoms with Gasteiger partial charge in [0.25, 0.3) is 5.91 Å². The lowest BCUT2D eigenvalue weighted by atomic mass is 10.1. The van der Waals surface area contributed by atoms with Crippen molar-refractivity contribution in [3.63, 3.8) is 0 Å². The van der Waals surface area contributed by atoms with Gasteiger partial charge in [-0.15, -0.1) is 11.8 Å². The summed E-state index contributed by atoms with van der Waals surface area (Å²) in [5.41, 5.74) is 9.12. The van der Waals surface area contributed by atoms with Gasteiger partial charge >= 0.3 is 0 Å².